The lowest BCUT2D eigenvalue weighted by Crippen LogP contribution is -2.31. The first-order valence-corrected chi connectivity index (χ1v) is 4.74. The smallest absolute Gasteiger partial charge is 0.0682 e. The zero-order chi connectivity index (χ0) is 8.97. The van der Waals surface area contributed by atoms with Crippen molar-refractivity contribution in [2.75, 3.05) is 26.3 Å². The monoisotopic (exact) mass is 173 g/mol. The van der Waals surface area contributed by atoms with Crippen molar-refractivity contribution in [3.05, 3.63) is 0 Å². The van der Waals surface area contributed by atoms with Gasteiger partial charge in [0.1, 0.15) is 0 Å². The first kappa shape index (κ1) is 9.96. The summed E-state index contributed by atoms with van der Waals surface area (Å²) in [5.74, 6) is 0. The standard InChI is InChI=1S/C9H19NO2/c1-3-12-5-4-10-7-9(11)6-8(10)2/h8-9,11H,3-7H2,1-2H3/t8-,9-/m0/s1. The molecule has 0 saturated carbocycles. The normalized spacial score (nSPS) is 31.2. The van der Waals surface area contributed by atoms with Gasteiger partial charge in [-0.3, -0.25) is 4.90 Å². The fourth-order valence-corrected chi connectivity index (χ4v) is 1.71. The summed E-state index contributed by atoms with van der Waals surface area (Å²) < 4.78 is 5.26. The molecule has 0 unspecified atom stereocenters. The molecule has 2 atom stereocenters. The van der Waals surface area contributed by atoms with E-state index in [1.165, 1.54) is 0 Å². The highest BCUT2D eigenvalue weighted by Gasteiger charge is 2.26. The highest BCUT2D eigenvalue weighted by Crippen LogP contribution is 2.16. The average Bonchev–Trinajstić information content (AvgIpc) is 2.31. The first-order chi connectivity index (χ1) is 5.74. The number of hydrogen-bond donors (Lipinski definition) is 1. The summed E-state index contributed by atoms with van der Waals surface area (Å²) in [5, 5.41) is 9.34. The molecule has 1 N–H and O–H groups in total. The van der Waals surface area contributed by atoms with E-state index in [4.69, 9.17) is 4.74 Å². The Hall–Kier alpha value is -0.120. The summed E-state index contributed by atoms with van der Waals surface area (Å²) in [7, 11) is 0. The van der Waals surface area contributed by atoms with Gasteiger partial charge in [-0.05, 0) is 20.3 Å². The van der Waals surface area contributed by atoms with Gasteiger partial charge in [0.25, 0.3) is 0 Å². The molecule has 0 spiro atoms. The van der Waals surface area contributed by atoms with E-state index >= 15 is 0 Å². The minimum Gasteiger partial charge on any atom is -0.392 e. The van der Waals surface area contributed by atoms with Crippen molar-refractivity contribution in [1.82, 2.24) is 4.90 Å². The second kappa shape index (κ2) is 4.80. The van der Waals surface area contributed by atoms with E-state index in [0.29, 0.717) is 6.04 Å². The largest absolute Gasteiger partial charge is 0.392 e. The number of hydrogen-bond acceptors (Lipinski definition) is 3. The second-order valence-corrected chi connectivity index (χ2v) is 3.43. The number of aliphatic hydroxyl groups excluding tert-OH is 1. The van der Waals surface area contributed by atoms with E-state index in [9.17, 15) is 5.11 Å². The highest BCUT2D eigenvalue weighted by molar-refractivity contribution is 4.81. The van der Waals surface area contributed by atoms with Crippen LogP contribution in [0.4, 0.5) is 0 Å². The van der Waals surface area contributed by atoms with Gasteiger partial charge in [0.2, 0.25) is 0 Å². The summed E-state index contributed by atoms with van der Waals surface area (Å²) in [6, 6.07) is 0.514. The average molecular weight is 173 g/mol. The molecule has 1 fully saturated rings. The van der Waals surface area contributed by atoms with Crippen LogP contribution >= 0.6 is 0 Å². The quantitative estimate of drug-likeness (QED) is 0.628. The molecule has 1 aliphatic heterocycles. The molecule has 0 radical (unpaired) electrons. The van der Waals surface area contributed by atoms with Crippen LogP contribution in [0.2, 0.25) is 0 Å². The maximum atomic E-state index is 9.34. The van der Waals surface area contributed by atoms with Gasteiger partial charge >= 0.3 is 0 Å². The van der Waals surface area contributed by atoms with Crippen molar-refractivity contribution in [1.29, 1.82) is 0 Å². The molecule has 12 heavy (non-hydrogen) atoms. The number of nitrogens with zero attached hydrogens (tertiary/aromatic N) is 1. The van der Waals surface area contributed by atoms with E-state index in [1.807, 2.05) is 6.92 Å². The molecule has 72 valence electrons. The highest BCUT2D eigenvalue weighted by atomic mass is 16.5. The fourth-order valence-electron chi connectivity index (χ4n) is 1.71. The summed E-state index contributed by atoms with van der Waals surface area (Å²) in [4.78, 5) is 2.28. The predicted molar refractivity (Wildman–Crippen MR) is 48.2 cm³/mol. The van der Waals surface area contributed by atoms with Crippen molar-refractivity contribution >= 4 is 0 Å². The van der Waals surface area contributed by atoms with Crippen molar-refractivity contribution in [3.8, 4) is 0 Å². The van der Waals surface area contributed by atoms with Crippen molar-refractivity contribution < 1.29 is 9.84 Å². The minimum atomic E-state index is -0.123. The first-order valence-electron chi connectivity index (χ1n) is 4.74. The Balaban J connectivity index is 2.15. The zero-order valence-corrected chi connectivity index (χ0v) is 7.99. The molecule has 0 aromatic rings. The van der Waals surface area contributed by atoms with Gasteiger partial charge in [0.15, 0.2) is 0 Å². The summed E-state index contributed by atoms with van der Waals surface area (Å²) >= 11 is 0. The number of β-amino-alcohol motifs (C(OH)–C–C–N with tert-alkyl or cyclic N) is 1. The molecule has 0 bridgehead atoms. The Morgan fingerprint density at radius 2 is 2.33 bits per heavy atom. The van der Waals surface area contributed by atoms with Gasteiger partial charge in [-0.15, -0.1) is 0 Å². The van der Waals surface area contributed by atoms with Crippen molar-refractivity contribution in [3.63, 3.8) is 0 Å². The molecular formula is C9H19NO2. The van der Waals surface area contributed by atoms with Crippen LogP contribution in [0.5, 0.6) is 0 Å². The van der Waals surface area contributed by atoms with E-state index in [1.54, 1.807) is 0 Å². The van der Waals surface area contributed by atoms with Crippen LogP contribution in [0.25, 0.3) is 0 Å². The van der Waals surface area contributed by atoms with E-state index in [2.05, 4.69) is 11.8 Å². The third-order valence-electron chi connectivity index (χ3n) is 2.41. The molecule has 3 nitrogen and oxygen atoms in total. The van der Waals surface area contributed by atoms with Crippen LogP contribution in [0.3, 0.4) is 0 Å². The summed E-state index contributed by atoms with van der Waals surface area (Å²) in [6.45, 7) is 7.49. The minimum absolute atomic E-state index is 0.123. The molecule has 3 heteroatoms. The van der Waals surface area contributed by atoms with E-state index in [0.717, 1.165) is 32.7 Å². The number of rotatable bonds is 4. The Bertz CT molecular complexity index is 130. The molecule has 1 aliphatic rings. The van der Waals surface area contributed by atoms with Crippen LogP contribution in [-0.4, -0.2) is 48.5 Å². The van der Waals surface area contributed by atoms with Gasteiger partial charge in [0.05, 0.1) is 12.7 Å². The maximum absolute atomic E-state index is 9.34. The van der Waals surface area contributed by atoms with Crippen LogP contribution in [-0.2, 0) is 4.74 Å². The zero-order valence-electron chi connectivity index (χ0n) is 7.99. The van der Waals surface area contributed by atoms with E-state index in [-0.39, 0.29) is 6.10 Å². The topological polar surface area (TPSA) is 32.7 Å². The maximum Gasteiger partial charge on any atom is 0.0682 e. The summed E-state index contributed by atoms with van der Waals surface area (Å²) in [6.07, 6.45) is 0.785. The van der Waals surface area contributed by atoms with Crippen molar-refractivity contribution in [2.24, 2.45) is 0 Å². The molecule has 1 heterocycles. The number of ether oxygens (including phenoxy) is 1. The van der Waals surface area contributed by atoms with E-state index < -0.39 is 0 Å². The predicted octanol–water partition coefficient (Wildman–Crippen LogP) is 0.478. The Labute approximate surface area is 74.3 Å². The van der Waals surface area contributed by atoms with Gasteiger partial charge < -0.3 is 9.84 Å². The lowest BCUT2D eigenvalue weighted by atomic mass is 10.2. The molecule has 0 aromatic heterocycles. The van der Waals surface area contributed by atoms with Crippen LogP contribution in [0.1, 0.15) is 20.3 Å². The molecule has 0 amide bonds. The van der Waals surface area contributed by atoms with Gasteiger partial charge in [0, 0.05) is 25.7 Å². The number of likely N-dealkylation sites (tertiary alicyclic amines) is 1. The van der Waals surface area contributed by atoms with Gasteiger partial charge in [-0.1, -0.05) is 0 Å². The molecule has 1 rings (SSSR count). The van der Waals surface area contributed by atoms with Crippen LogP contribution < -0.4 is 0 Å². The Morgan fingerprint density at radius 3 is 2.83 bits per heavy atom. The summed E-state index contributed by atoms with van der Waals surface area (Å²) in [5.41, 5.74) is 0. The van der Waals surface area contributed by atoms with Crippen LogP contribution in [0, 0.1) is 0 Å². The van der Waals surface area contributed by atoms with Gasteiger partial charge in [-0.2, -0.15) is 0 Å². The SMILES string of the molecule is CCOCCN1C[C@@H](O)C[C@@H]1C. The third-order valence-corrected chi connectivity index (χ3v) is 2.41. The Kier molecular flexibility index (Phi) is 3.98. The molecule has 0 aliphatic carbocycles. The molecule has 1 saturated heterocycles. The lowest BCUT2D eigenvalue weighted by molar-refractivity contribution is 0.105. The van der Waals surface area contributed by atoms with Gasteiger partial charge in [-0.25, -0.2) is 0 Å². The van der Waals surface area contributed by atoms with Crippen molar-refractivity contribution in [2.45, 2.75) is 32.4 Å². The van der Waals surface area contributed by atoms with Crippen LogP contribution in [0.15, 0.2) is 0 Å². The molecule has 0 aromatic carbocycles. The number of aliphatic hydroxyl groups is 1. The Morgan fingerprint density at radius 1 is 1.58 bits per heavy atom. The fraction of sp³-hybridized carbons (Fsp3) is 1.00. The molecular weight excluding hydrogens is 154 g/mol. The third kappa shape index (κ3) is 2.73. The second-order valence-electron chi connectivity index (χ2n) is 3.43. The lowest BCUT2D eigenvalue weighted by Gasteiger charge is -2.19.